The average molecular weight is 379 g/mol. The Hall–Kier alpha value is -2.67. The van der Waals surface area contributed by atoms with Crippen LogP contribution in [0.2, 0.25) is 0 Å². The molecule has 1 amide bonds. The third-order valence-corrected chi connectivity index (χ3v) is 5.99. The molecule has 1 fully saturated rings. The maximum Gasteiger partial charge on any atom is 0.265 e. The highest BCUT2D eigenvalue weighted by Crippen LogP contribution is 2.33. The van der Waals surface area contributed by atoms with E-state index >= 15 is 0 Å². The number of amides is 1. The predicted molar refractivity (Wildman–Crippen MR) is 105 cm³/mol. The van der Waals surface area contributed by atoms with Gasteiger partial charge in [0, 0.05) is 43.2 Å². The minimum absolute atomic E-state index is 0.0855. The summed E-state index contributed by atoms with van der Waals surface area (Å²) in [6.45, 7) is 5.30. The SMILES string of the molecule is Cc1nc(C)c(C(=O)N2CCC[C@H](c3ncncc3-c3ccncc3)C2)s1. The van der Waals surface area contributed by atoms with Crippen LogP contribution < -0.4 is 0 Å². The third-order valence-electron chi connectivity index (χ3n) is 4.93. The van der Waals surface area contributed by atoms with E-state index in [0.717, 1.165) is 51.8 Å². The molecule has 1 saturated heterocycles. The van der Waals surface area contributed by atoms with Gasteiger partial charge in [0.1, 0.15) is 11.2 Å². The van der Waals surface area contributed by atoms with Gasteiger partial charge >= 0.3 is 0 Å². The summed E-state index contributed by atoms with van der Waals surface area (Å²) in [7, 11) is 0. The van der Waals surface area contributed by atoms with E-state index < -0.39 is 0 Å². The fourth-order valence-corrected chi connectivity index (χ4v) is 4.56. The Bertz CT molecular complexity index is 956. The largest absolute Gasteiger partial charge is 0.337 e. The van der Waals surface area contributed by atoms with Gasteiger partial charge in [-0.2, -0.15) is 0 Å². The highest BCUT2D eigenvalue weighted by Gasteiger charge is 2.29. The van der Waals surface area contributed by atoms with Gasteiger partial charge < -0.3 is 4.90 Å². The second-order valence-electron chi connectivity index (χ2n) is 6.80. The van der Waals surface area contributed by atoms with Gasteiger partial charge in [0.05, 0.1) is 16.4 Å². The van der Waals surface area contributed by atoms with Crippen LogP contribution in [0.15, 0.2) is 37.1 Å². The maximum absolute atomic E-state index is 13.0. The van der Waals surface area contributed by atoms with E-state index in [1.54, 1.807) is 18.7 Å². The molecule has 27 heavy (non-hydrogen) atoms. The van der Waals surface area contributed by atoms with Crippen LogP contribution in [0.5, 0.6) is 0 Å². The quantitative estimate of drug-likeness (QED) is 0.695. The summed E-state index contributed by atoms with van der Waals surface area (Å²) < 4.78 is 0. The molecular formula is C20H21N5OS. The molecule has 1 atom stereocenters. The van der Waals surface area contributed by atoms with E-state index in [4.69, 9.17) is 0 Å². The number of thiazole rings is 1. The van der Waals surface area contributed by atoms with Crippen molar-refractivity contribution in [2.45, 2.75) is 32.6 Å². The molecule has 0 aliphatic carbocycles. The highest BCUT2D eigenvalue weighted by atomic mass is 32.1. The van der Waals surface area contributed by atoms with Gasteiger partial charge in [-0.15, -0.1) is 11.3 Å². The zero-order valence-corrected chi connectivity index (χ0v) is 16.2. The number of hydrogen-bond donors (Lipinski definition) is 0. The van der Waals surface area contributed by atoms with Gasteiger partial charge in [-0.3, -0.25) is 9.78 Å². The first kappa shape index (κ1) is 17.7. The predicted octanol–water partition coefficient (Wildman–Crippen LogP) is 3.63. The molecule has 0 unspecified atom stereocenters. The molecular weight excluding hydrogens is 358 g/mol. The Morgan fingerprint density at radius 3 is 2.78 bits per heavy atom. The molecule has 0 N–H and O–H groups in total. The van der Waals surface area contributed by atoms with E-state index in [0.29, 0.717) is 6.54 Å². The van der Waals surface area contributed by atoms with E-state index in [-0.39, 0.29) is 11.8 Å². The summed E-state index contributed by atoms with van der Waals surface area (Å²) in [6, 6.07) is 3.94. The number of piperidine rings is 1. The van der Waals surface area contributed by atoms with Gasteiger partial charge in [0.2, 0.25) is 0 Å². The minimum Gasteiger partial charge on any atom is -0.337 e. The lowest BCUT2D eigenvalue weighted by Crippen LogP contribution is -2.39. The van der Waals surface area contributed by atoms with Crippen LogP contribution >= 0.6 is 11.3 Å². The normalized spacial score (nSPS) is 17.1. The van der Waals surface area contributed by atoms with Crippen LogP contribution in [0.1, 0.15) is 44.8 Å². The number of rotatable bonds is 3. The number of likely N-dealkylation sites (tertiary alicyclic amines) is 1. The van der Waals surface area contributed by atoms with Crippen LogP contribution in [0.4, 0.5) is 0 Å². The number of nitrogens with zero attached hydrogens (tertiary/aromatic N) is 5. The van der Waals surface area contributed by atoms with Crippen molar-refractivity contribution in [2.24, 2.45) is 0 Å². The molecule has 0 saturated carbocycles. The summed E-state index contributed by atoms with van der Waals surface area (Å²) in [6.07, 6.45) is 8.98. The lowest BCUT2D eigenvalue weighted by atomic mass is 9.90. The number of pyridine rings is 1. The first-order valence-electron chi connectivity index (χ1n) is 9.07. The van der Waals surface area contributed by atoms with Crippen molar-refractivity contribution < 1.29 is 4.79 Å². The van der Waals surface area contributed by atoms with Crippen molar-refractivity contribution in [1.29, 1.82) is 0 Å². The van der Waals surface area contributed by atoms with Gasteiger partial charge in [-0.25, -0.2) is 15.0 Å². The molecule has 0 radical (unpaired) electrons. The molecule has 6 nitrogen and oxygen atoms in total. The molecule has 138 valence electrons. The van der Waals surface area contributed by atoms with Crippen molar-refractivity contribution in [3.05, 3.63) is 58.3 Å². The van der Waals surface area contributed by atoms with Crippen LogP contribution in [0.3, 0.4) is 0 Å². The van der Waals surface area contributed by atoms with Crippen LogP contribution in [-0.4, -0.2) is 43.8 Å². The summed E-state index contributed by atoms with van der Waals surface area (Å²) in [4.78, 5) is 33.0. The summed E-state index contributed by atoms with van der Waals surface area (Å²) >= 11 is 1.48. The molecule has 1 aliphatic rings. The Kier molecular flexibility index (Phi) is 4.94. The number of carbonyl (C=O) groups is 1. The molecule has 0 spiro atoms. The fraction of sp³-hybridized carbons (Fsp3) is 0.350. The molecule has 1 aliphatic heterocycles. The summed E-state index contributed by atoms with van der Waals surface area (Å²) in [5.74, 6) is 0.283. The number of aromatic nitrogens is 4. The van der Waals surface area contributed by atoms with E-state index in [1.807, 2.05) is 37.1 Å². The van der Waals surface area contributed by atoms with Crippen molar-refractivity contribution in [2.75, 3.05) is 13.1 Å². The van der Waals surface area contributed by atoms with Gasteiger partial charge in [-0.05, 0) is 44.4 Å². The number of aryl methyl sites for hydroxylation is 2. The first-order chi connectivity index (χ1) is 13.1. The Labute approximate surface area is 162 Å². The van der Waals surface area contributed by atoms with E-state index in [1.165, 1.54) is 11.3 Å². The first-order valence-corrected chi connectivity index (χ1v) is 9.88. The molecule has 7 heteroatoms. The zero-order chi connectivity index (χ0) is 18.8. The molecule has 4 rings (SSSR count). The molecule has 0 bridgehead atoms. The summed E-state index contributed by atoms with van der Waals surface area (Å²) in [5.41, 5.74) is 3.90. The monoisotopic (exact) mass is 379 g/mol. The Morgan fingerprint density at radius 1 is 1.22 bits per heavy atom. The van der Waals surface area contributed by atoms with Crippen molar-refractivity contribution in [3.8, 4) is 11.1 Å². The van der Waals surface area contributed by atoms with Gasteiger partial charge in [0.25, 0.3) is 5.91 Å². The van der Waals surface area contributed by atoms with Crippen LogP contribution in [0.25, 0.3) is 11.1 Å². The molecule has 4 heterocycles. The smallest absolute Gasteiger partial charge is 0.265 e. The fourth-order valence-electron chi connectivity index (χ4n) is 3.68. The van der Waals surface area contributed by atoms with Crippen LogP contribution in [0, 0.1) is 13.8 Å². The van der Waals surface area contributed by atoms with E-state index in [2.05, 4.69) is 19.9 Å². The van der Waals surface area contributed by atoms with Gasteiger partial charge in [0.15, 0.2) is 0 Å². The lowest BCUT2D eigenvalue weighted by Gasteiger charge is -2.33. The Balaban J connectivity index is 1.61. The zero-order valence-electron chi connectivity index (χ0n) is 15.4. The second-order valence-corrected chi connectivity index (χ2v) is 8.00. The standard InChI is InChI=1S/C20H21N5OS/c1-13-19(27-14(2)24-13)20(26)25-9-3-4-16(11-25)18-17(10-22-12-23-18)15-5-7-21-8-6-15/h5-8,10,12,16H,3-4,9,11H2,1-2H3/t16-/m0/s1. The molecule has 3 aromatic heterocycles. The maximum atomic E-state index is 13.0. The van der Waals surface area contributed by atoms with Crippen molar-refractivity contribution >= 4 is 17.2 Å². The topological polar surface area (TPSA) is 71.9 Å². The Morgan fingerprint density at radius 2 is 2.04 bits per heavy atom. The molecule has 3 aromatic rings. The van der Waals surface area contributed by atoms with Gasteiger partial charge in [-0.1, -0.05) is 0 Å². The lowest BCUT2D eigenvalue weighted by molar-refractivity contribution is 0.0710. The van der Waals surface area contributed by atoms with E-state index in [9.17, 15) is 4.79 Å². The average Bonchev–Trinajstić information content (AvgIpc) is 3.06. The second kappa shape index (κ2) is 7.52. The van der Waals surface area contributed by atoms with Crippen LogP contribution in [-0.2, 0) is 0 Å². The third kappa shape index (κ3) is 3.60. The molecule has 0 aromatic carbocycles. The minimum atomic E-state index is 0.0855. The van der Waals surface area contributed by atoms with Crippen molar-refractivity contribution in [3.63, 3.8) is 0 Å². The highest BCUT2D eigenvalue weighted by molar-refractivity contribution is 7.13. The number of carbonyl (C=O) groups excluding carboxylic acids is 1. The van der Waals surface area contributed by atoms with Crippen molar-refractivity contribution in [1.82, 2.24) is 24.8 Å². The number of hydrogen-bond acceptors (Lipinski definition) is 6. The summed E-state index contributed by atoms with van der Waals surface area (Å²) in [5, 5.41) is 0.931.